The van der Waals surface area contributed by atoms with Crippen molar-refractivity contribution in [2.75, 3.05) is 0 Å². The molecule has 5 nitrogen and oxygen atoms in total. The van der Waals surface area contributed by atoms with Crippen LogP contribution in [0.3, 0.4) is 0 Å². The number of carbonyl (C=O) groups is 1. The van der Waals surface area contributed by atoms with Gasteiger partial charge in [-0.2, -0.15) is 4.98 Å². The van der Waals surface area contributed by atoms with Crippen molar-refractivity contribution < 1.29 is 9.90 Å². The second-order valence-corrected chi connectivity index (χ2v) is 6.54. The fourth-order valence-electron chi connectivity index (χ4n) is 3.04. The van der Waals surface area contributed by atoms with Crippen LogP contribution in [-0.4, -0.2) is 20.6 Å². The van der Waals surface area contributed by atoms with E-state index in [1.807, 2.05) is 13.8 Å². The van der Waals surface area contributed by atoms with Crippen LogP contribution in [-0.2, 0) is 30.6 Å². The minimum Gasteiger partial charge on any atom is -0.481 e. The van der Waals surface area contributed by atoms with Gasteiger partial charge in [0.2, 0.25) is 0 Å². The number of aromatic nitrogens is 2. The van der Waals surface area contributed by atoms with Crippen molar-refractivity contribution in [1.82, 2.24) is 9.55 Å². The van der Waals surface area contributed by atoms with Crippen molar-refractivity contribution in [3.05, 3.63) is 27.4 Å². The molecule has 1 aliphatic carbocycles. The lowest BCUT2D eigenvalue weighted by Gasteiger charge is -2.18. The van der Waals surface area contributed by atoms with E-state index in [-0.39, 0.29) is 17.5 Å². The van der Waals surface area contributed by atoms with Gasteiger partial charge in [0.15, 0.2) is 0 Å². The summed E-state index contributed by atoms with van der Waals surface area (Å²) in [6.07, 6.45) is 2.28. The number of carboxylic acid groups (broad SMARTS) is 1. The highest BCUT2D eigenvalue weighted by atomic mass is 16.4. The number of nitrogens with zero attached hydrogens (tertiary/aromatic N) is 2. The van der Waals surface area contributed by atoms with Gasteiger partial charge >= 0.3 is 11.7 Å². The molecule has 0 spiro atoms. The highest BCUT2D eigenvalue weighted by molar-refractivity contribution is 5.71. The van der Waals surface area contributed by atoms with Crippen molar-refractivity contribution in [2.45, 2.75) is 59.9 Å². The molecule has 1 unspecified atom stereocenters. The molecule has 5 heteroatoms. The zero-order chi connectivity index (χ0) is 15.8. The summed E-state index contributed by atoms with van der Waals surface area (Å²) in [6, 6.07) is 0. The molecule has 1 atom stereocenters. The average molecular weight is 292 g/mol. The summed E-state index contributed by atoms with van der Waals surface area (Å²) in [7, 11) is 0. The van der Waals surface area contributed by atoms with E-state index in [1.165, 1.54) is 0 Å². The molecule has 1 fully saturated rings. The summed E-state index contributed by atoms with van der Waals surface area (Å²) in [5, 5.41) is 9.13. The lowest BCUT2D eigenvalue weighted by Crippen LogP contribution is -2.31. The van der Waals surface area contributed by atoms with Gasteiger partial charge in [0.05, 0.1) is 12.1 Å². The lowest BCUT2D eigenvalue weighted by atomic mass is 10.0. The third-order valence-corrected chi connectivity index (χ3v) is 4.60. The summed E-state index contributed by atoms with van der Waals surface area (Å²) < 4.78 is 1.71. The number of aliphatic carboxylic acids is 1. The Morgan fingerprint density at radius 3 is 2.43 bits per heavy atom. The van der Waals surface area contributed by atoms with Crippen molar-refractivity contribution in [2.24, 2.45) is 11.3 Å². The fraction of sp³-hybridized carbons (Fsp3) is 0.688. The van der Waals surface area contributed by atoms with Gasteiger partial charge in [-0.25, -0.2) is 4.79 Å². The van der Waals surface area contributed by atoms with Crippen molar-refractivity contribution in [1.29, 1.82) is 0 Å². The van der Waals surface area contributed by atoms with Gasteiger partial charge in [0.1, 0.15) is 0 Å². The first-order valence-corrected chi connectivity index (χ1v) is 7.63. The summed E-state index contributed by atoms with van der Waals surface area (Å²) in [5.41, 5.74) is 2.24. The van der Waals surface area contributed by atoms with Crippen molar-refractivity contribution in [3.8, 4) is 0 Å². The monoisotopic (exact) mass is 292 g/mol. The van der Waals surface area contributed by atoms with E-state index < -0.39 is 5.97 Å². The van der Waals surface area contributed by atoms with Crippen LogP contribution in [0.2, 0.25) is 0 Å². The molecular weight excluding hydrogens is 268 g/mol. The SMILES string of the molecule is CCc1nc(=O)n(CC2CC2(C)C)c(CC)c1CC(=O)O. The van der Waals surface area contributed by atoms with Crippen LogP contribution in [0.25, 0.3) is 0 Å². The molecule has 116 valence electrons. The van der Waals surface area contributed by atoms with Crippen LogP contribution in [0.1, 0.15) is 51.1 Å². The first-order chi connectivity index (χ1) is 9.80. The second-order valence-electron chi connectivity index (χ2n) is 6.54. The molecule has 0 radical (unpaired) electrons. The zero-order valence-corrected chi connectivity index (χ0v) is 13.3. The van der Waals surface area contributed by atoms with E-state index in [4.69, 9.17) is 5.11 Å². The normalized spacial score (nSPS) is 19.5. The standard InChI is InChI=1S/C16H24N2O3/c1-5-12-11(7-14(19)20)13(6-2)18(15(21)17-12)9-10-8-16(10,3)4/h10H,5-9H2,1-4H3,(H,19,20). The highest BCUT2D eigenvalue weighted by Gasteiger charge is 2.45. The largest absolute Gasteiger partial charge is 0.481 e. The Morgan fingerprint density at radius 1 is 1.38 bits per heavy atom. The molecule has 1 N–H and O–H groups in total. The molecule has 0 bridgehead atoms. The Hall–Kier alpha value is -1.65. The topological polar surface area (TPSA) is 72.2 Å². The second kappa shape index (κ2) is 5.62. The van der Waals surface area contributed by atoms with E-state index in [1.54, 1.807) is 4.57 Å². The highest BCUT2D eigenvalue weighted by Crippen LogP contribution is 2.52. The molecule has 1 aromatic heterocycles. The van der Waals surface area contributed by atoms with E-state index in [2.05, 4.69) is 18.8 Å². The first kappa shape index (κ1) is 15.7. The van der Waals surface area contributed by atoms with Crippen LogP contribution >= 0.6 is 0 Å². The van der Waals surface area contributed by atoms with Crippen molar-refractivity contribution >= 4 is 5.97 Å². The van der Waals surface area contributed by atoms with E-state index in [9.17, 15) is 9.59 Å². The maximum absolute atomic E-state index is 12.3. The number of carboxylic acids is 1. The molecule has 1 saturated carbocycles. The van der Waals surface area contributed by atoms with Crippen LogP contribution in [0.15, 0.2) is 4.79 Å². The van der Waals surface area contributed by atoms with Gasteiger partial charge in [-0.3, -0.25) is 9.36 Å². The minimum atomic E-state index is -0.877. The third-order valence-electron chi connectivity index (χ3n) is 4.60. The molecule has 0 amide bonds. The number of rotatable bonds is 6. The van der Waals surface area contributed by atoms with Crippen LogP contribution < -0.4 is 5.69 Å². The number of aryl methyl sites for hydroxylation is 1. The minimum absolute atomic E-state index is 0.0618. The average Bonchev–Trinajstić information content (AvgIpc) is 3.00. The smallest absolute Gasteiger partial charge is 0.348 e. The Balaban J connectivity index is 2.48. The van der Waals surface area contributed by atoms with Gasteiger partial charge in [-0.05, 0) is 30.6 Å². The maximum Gasteiger partial charge on any atom is 0.348 e. The molecule has 1 aliphatic rings. The molecule has 0 aromatic carbocycles. The van der Waals surface area contributed by atoms with Crippen LogP contribution in [0.4, 0.5) is 0 Å². The molecule has 1 heterocycles. The summed E-state index contributed by atoms with van der Waals surface area (Å²) in [5.74, 6) is -0.398. The Kier molecular flexibility index (Phi) is 4.21. The first-order valence-electron chi connectivity index (χ1n) is 7.63. The maximum atomic E-state index is 12.3. The molecule has 2 rings (SSSR count). The lowest BCUT2D eigenvalue weighted by molar-refractivity contribution is -0.136. The van der Waals surface area contributed by atoms with E-state index >= 15 is 0 Å². The molecule has 21 heavy (non-hydrogen) atoms. The summed E-state index contributed by atoms with van der Waals surface area (Å²) in [4.78, 5) is 27.5. The van der Waals surface area contributed by atoms with Gasteiger partial charge in [0, 0.05) is 17.8 Å². The van der Waals surface area contributed by atoms with Gasteiger partial charge in [-0.15, -0.1) is 0 Å². The molecule has 0 saturated heterocycles. The Labute approximate surface area is 125 Å². The summed E-state index contributed by atoms with van der Waals surface area (Å²) in [6.45, 7) is 8.91. The van der Waals surface area contributed by atoms with Gasteiger partial charge in [-0.1, -0.05) is 27.7 Å². The fourth-order valence-corrected chi connectivity index (χ4v) is 3.04. The van der Waals surface area contributed by atoms with Crippen LogP contribution in [0.5, 0.6) is 0 Å². The molecular formula is C16H24N2O3. The number of hydrogen-bond donors (Lipinski definition) is 1. The molecule has 1 aromatic rings. The summed E-state index contributed by atoms with van der Waals surface area (Å²) >= 11 is 0. The van der Waals surface area contributed by atoms with E-state index in [0.717, 1.165) is 17.7 Å². The molecule has 0 aliphatic heterocycles. The quantitative estimate of drug-likeness (QED) is 0.871. The van der Waals surface area contributed by atoms with Gasteiger partial charge in [0.25, 0.3) is 0 Å². The van der Waals surface area contributed by atoms with Crippen LogP contribution in [0, 0.1) is 11.3 Å². The predicted octanol–water partition coefficient (Wildman–Crippen LogP) is 2.04. The van der Waals surface area contributed by atoms with Gasteiger partial charge < -0.3 is 5.11 Å². The number of hydrogen-bond acceptors (Lipinski definition) is 3. The predicted molar refractivity (Wildman–Crippen MR) is 80.5 cm³/mol. The Morgan fingerprint density at radius 2 is 2.00 bits per heavy atom. The zero-order valence-electron chi connectivity index (χ0n) is 13.3. The third kappa shape index (κ3) is 3.17. The van der Waals surface area contributed by atoms with Crippen molar-refractivity contribution in [3.63, 3.8) is 0 Å². The van der Waals surface area contributed by atoms with E-state index in [0.29, 0.717) is 31.0 Å². The Bertz CT molecular complexity index is 617.